The molecule has 0 radical (unpaired) electrons. The Balaban J connectivity index is 2.45. The van der Waals surface area contributed by atoms with Crippen LogP contribution >= 0.6 is 0 Å². The van der Waals surface area contributed by atoms with Crippen LogP contribution in [0.25, 0.3) is 0 Å². The van der Waals surface area contributed by atoms with Gasteiger partial charge in [0.15, 0.2) is 0 Å². The van der Waals surface area contributed by atoms with Gasteiger partial charge in [-0.3, -0.25) is 9.69 Å². The lowest BCUT2D eigenvalue weighted by molar-refractivity contribution is -0.138. The smallest absolute Gasteiger partial charge is 0.408 e. The monoisotopic (exact) mass is 203 g/mol. The predicted octanol–water partition coefficient (Wildman–Crippen LogP) is 0.0859. The third-order valence-electron chi connectivity index (χ3n) is 2.22. The van der Waals surface area contributed by atoms with E-state index in [0.29, 0.717) is 13.0 Å². The Morgan fingerprint density at radius 3 is 2.57 bits per heavy atom. The summed E-state index contributed by atoms with van der Waals surface area (Å²) in [5, 5.41) is 17.2. The van der Waals surface area contributed by atoms with Gasteiger partial charge in [0.1, 0.15) is 6.54 Å². The molecule has 1 saturated carbocycles. The van der Waals surface area contributed by atoms with Gasteiger partial charge in [-0.25, -0.2) is 4.79 Å². The summed E-state index contributed by atoms with van der Waals surface area (Å²) in [5.74, 6) is -0.981. The van der Waals surface area contributed by atoms with E-state index >= 15 is 0 Å². The molecule has 0 spiro atoms. The van der Waals surface area contributed by atoms with Gasteiger partial charge >= 0.3 is 12.1 Å². The molecule has 0 heterocycles. The molecule has 0 saturated heterocycles. The molecule has 14 heavy (non-hydrogen) atoms. The van der Waals surface area contributed by atoms with E-state index in [2.05, 4.69) is 0 Å². The quantitative estimate of drug-likeness (QED) is 0.661. The van der Waals surface area contributed by atoms with E-state index < -0.39 is 18.6 Å². The van der Waals surface area contributed by atoms with E-state index in [0.717, 1.165) is 4.90 Å². The van der Waals surface area contributed by atoms with Crippen LogP contribution in [0.1, 0.15) is 6.42 Å². The minimum absolute atomic E-state index is 0.149. The molecule has 1 rings (SSSR count). The first-order valence-electron chi connectivity index (χ1n) is 4.26. The van der Waals surface area contributed by atoms with Gasteiger partial charge in [0.05, 0.1) is 6.61 Å². The molecule has 0 aromatic carbocycles. The highest BCUT2D eigenvalue weighted by Crippen LogP contribution is 2.35. The van der Waals surface area contributed by atoms with Gasteiger partial charge in [-0.1, -0.05) is 0 Å². The number of aliphatic carboxylic acids is 1. The first-order valence-corrected chi connectivity index (χ1v) is 4.26. The summed E-state index contributed by atoms with van der Waals surface area (Å²) >= 11 is 0. The first kappa shape index (κ1) is 10.8. The second-order valence-electron chi connectivity index (χ2n) is 3.32. The van der Waals surface area contributed by atoms with Gasteiger partial charge in [0.2, 0.25) is 0 Å². The fourth-order valence-electron chi connectivity index (χ4n) is 1.48. The molecule has 1 fully saturated rings. The van der Waals surface area contributed by atoms with Crippen LogP contribution in [0.15, 0.2) is 0 Å². The van der Waals surface area contributed by atoms with Crippen molar-refractivity contribution in [1.82, 2.24) is 4.90 Å². The molecule has 80 valence electrons. The van der Waals surface area contributed by atoms with Crippen molar-refractivity contribution in [2.75, 3.05) is 20.3 Å². The Labute approximate surface area is 81.1 Å². The average molecular weight is 203 g/mol. The molecule has 0 bridgehead atoms. The lowest BCUT2D eigenvalue weighted by Gasteiger charge is -2.16. The molecule has 0 aromatic heterocycles. The summed E-state index contributed by atoms with van der Waals surface area (Å²) in [6.07, 6.45) is -0.496. The lowest BCUT2D eigenvalue weighted by atomic mass is 10.4. The van der Waals surface area contributed by atoms with Crippen molar-refractivity contribution in [2.24, 2.45) is 5.92 Å². The summed E-state index contributed by atoms with van der Waals surface area (Å²) in [7, 11) is 1.54. The van der Waals surface area contributed by atoms with E-state index in [9.17, 15) is 9.59 Å². The maximum atomic E-state index is 10.7. The van der Waals surface area contributed by atoms with E-state index in [-0.39, 0.29) is 12.0 Å². The Morgan fingerprint density at radius 2 is 2.14 bits per heavy atom. The Bertz CT molecular complexity index is 242. The van der Waals surface area contributed by atoms with Crippen molar-refractivity contribution in [1.29, 1.82) is 0 Å². The maximum absolute atomic E-state index is 10.7. The highest BCUT2D eigenvalue weighted by atomic mass is 16.5. The van der Waals surface area contributed by atoms with Crippen LogP contribution in [0, 0.1) is 5.92 Å². The van der Waals surface area contributed by atoms with Crippen molar-refractivity contribution in [2.45, 2.75) is 12.5 Å². The summed E-state index contributed by atoms with van der Waals surface area (Å²) < 4.78 is 4.86. The number of carboxylic acid groups (broad SMARTS) is 2. The zero-order valence-corrected chi connectivity index (χ0v) is 7.84. The van der Waals surface area contributed by atoms with Crippen molar-refractivity contribution in [3.8, 4) is 0 Å². The van der Waals surface area contributed by atoms with Crippen molar-refractivity contribution < 1.29 is 24.5 Å². The summed E-state index contributed by atoms with van der Waals surface area (Å²) in [6.45, 7) is 0.0221. The van der Waals surface area contributed by atoms with Crippen molar-refractivity contribution in [3.05, 3.63) is 0 Å². The summed E-state index contributed by atoms with van der Waals surface area (Å²) in [5.41, 5.74) is 0. The van der Waals surface area contributed by atoms with Gasteiger partial charge in [-0.05, 0) is 6.42 Å². The van der Waals surface area contributed by atoms with E-state index in [4.69, 9.17) is 14.9 Å². The molecule has 6 heteroatoms. The molecule has 6 nitrogen and oxygen atoms in total. The molecule has 0 aliphatic heterocycles. The Kier molecular flexibility index (Phi) is 3.29. The average Bonchev–Trinajstić information content (AvgIpc) is 2.79. The molecule has 2 atom stereocenters. The van der Waals surface area contributed by atoms with Crippen LogP contribution in [-0.4, -0.2) is 53.5 Å². The number of methoxy groups -OCH3 is 1. The number of carbonyl (C=O) groups is 2. The van der Waals surface area contributed by atoms with Gasteiger partial charge in [0.25, 0.3) is 0 Å². The number of ether oxygens (including phenoxy) is 1. The SMILES string of the molecule is COCC1CC1N(CC(=O)O)C(=O)O. The number of carboxylic acids is 1. The molecule has 1 amide bonds. The molecule has 0 aromatic rings. The first-order chi connectivity index (χ1) is 6.56. The van der Waals surface area contributed by atoms with E-state index in [1.807, 2.05) is 0 Å². The number of rotatable bonds is 5. The van der Waals surface area contributed by atoms with Crippen LogP contribution < -0.4 is 0 Å². The minimum Gasteiger partial charge on any atom is -0.480 e. The standard InChI is InChI=1S/C8H13NO5/c1-14-4-5-2-6(5)9(8(12)13)3-7(10)11/h5-6H,2-4H2,1H3,(H,10,11)(H,12,13). The van der Waals surface area contributed by atoms with E-state index in [1.165, 1.54) is 7.11 Å². The Morgan fingerprint density at radius 1 is 1.50 bits per heavy atom. The maximum Gasteiger partial charge on any atom is 0.408 e. The van der Waals surface area contributed by atoms with Crippen molar-refractivity contribution in [3.63, 3.8) is 0 Å². The van der Waals surface area contributed by atoms with Crippen LogP contribution in [-0.2, 0) is 9.53 Å². The number of hydrogen-bond acceptors (Lipinski definition) is 3. The fraction of sp³-hybridized carbons (Fsp3) is 0.750. The largest absolute Gasteiger partial charge is 0.480 e. The normalized spacial score (nSPS) is 24.4. The van der Waals surface area contributed by atoms with E-state index in [1.54, 1.807) is 0 Å². The number of amides is 1. The number of hydrogen-bond donors (Lipinski definition) is 2. The molecule has 1 aliphatic carbocycles. The van der Waals surface area contributed by atoms with Gasteiger partial charge in [0, 0.05) is 19.1 Å². The lowest BCUT2D eigenvalue weighted by Crippen LogP contribution is -2.37. The van der Waals surface area contributed by atoms with Crippen LogP contribution in [0.3, 0.4) is 0 Å². The third kappa shape index (κ3) is 2.59. The van der Waals surface area contributed by atoms with Crippen LogP contribution in [0.2, 0.25) is 0 Å². The molecular formula is C8H13NO5. The predicted molar refractivity (Wildman–Crippen MR) is 46.1 cm³/mol. The topological polar surface area (TPSA) is 87.1 Å². The third-order valence-corrected chi connectivity index (χ3v) is 2.22. The summed E-state index contributed by atoms with van der Waals surface area (Å²) in [4.78, 5) is 22.0. The van der Waals surface area contributed by atoms with Crippen LogP contribution in [0.5, 0.6) is 0 Å². The highest BCUT2D eigenvalue weighted by molar-refractivity contribution is 5.76. The zero-order chi connectivity index (χ0) is 10.7. The molecule has 2 N–H and O–H groups in total. The van der Waals surface area contributed by atoms with Crippen LogP contribution in [0.4, 0.5) is 4.79 Å². The molecule has 1 aliphatic rings. The second-order valence-corrected chi connectivity index (χ2v) is 3.32. The summed E-state index contributed by atoms with van der Waals surface area (Å²) in [6, 6.07) is -0.191. The van der Waals surface area contributed by atoms with Gasteiger partial charge < -0.3 is 14.9 Å². The Hall–Kier alpha value is -1.30. The number of nitrogens with zero attached hydrogens (tertiary/aromatic N) is 1. The second kappa shape index (κ2) is 4.28. The van der Waals surface area contributed by atoms with Crippen molar-refractivity contribution >= 4 is 12.1 Å². The molecule has 2 unspecified atom stereocenters. The van der Waals surface area contributed by atoms with Gasteiger partial charge in [-0.2, -0.15) is 0 Å². The fourth-order valence-corrected chi connectivity index (χ4v) is 1.48. The highest BCUT2D eigenvalue weighted by Gasteiger charge is 2.44. The van der Waals surface area contributed by atoms with Gasteiger partial charge in [-0.15, -0.1) is 0 Å². The minimum atomic E-state index is -1.18. The molecular weight excluding hydrogens is 190 g/mol. The zero-order valence-electron chi connectivity index (χ0n) is 7.84.